The normalized spacial score (nSPS) is 16.2. The van der Waals surface area contributed by atoms with Crippen LogP contribution in [-0.4, -0.2) is 96.6 Å². The van der Waals surface area contributed by atoms with E-state index >= 15 is 8.63 Å². The van der Waals surface area contributed by atoms with Crippen molar-refractivity contribution in [3.05, 3.63) is 40.4 Å². The second-order valence-electron chi connectivity index (χ2n) is 19.2. The van der Waals surface area contributed by atoms with Crippen molar-refractivity contribution in [2.24, 2.45) is 0 Å². The number of carbonyl (C=O) groups is 2. The fourth-order valence-corrected chi connectivity index (χ4v) is 9.59. The zero-order valence-electron chi connectivity index (χ0n) is 40.5. The van der Waals surface area contributed by atoms with Crippen molar-refractivity contribution in [2.45, 2.75) is 195 Å². The first kappa shape index (κ1) is 54.7. The number of rotatable bonds is 35. The Hall–Kier alpha value is -2.64. The third-order valence-electron chi connectivity index (χ3n) is 12.2. The van der Waals surface area contributed by atoms with Crippen LogP contribution in [0.15, 0.2) is 23.4 Å². The number of nitrogens with zero attached hydrogens (tertiary/aromatic N) is 3. The van der Waals surface area contributed by atoms with Gasteiger partial charge in [-0.3, -0.25) is 18.6 Å². The van der Waals surface area contributed by atoms with Gasteiger partial charge in [-0.1, -0.05) is 122 Å². The number of hydrogen-bond donors (Lipinski definition) is 1. The molecule has 3 rings (SSSR count). The van der Waals surface area contributed by atoms with Crippen molar-refractivity contribution in [1.82, 2.24) is 4.48 Å². The number of quaternary nitrogens is 1. The van der Waals surface area contributed by atoms with E-state index in [2.05, 4.69) is 6.92 Å². The van der Waals surface area contributed by atoms with Gasteiger partial charge in [0.05, 0.1) is 27.7 Å². The molecule has 2 atom stereocenters. The molecule has 2 unspecified atom stereocenters. The Morgan fingerprint density at radius 2 is 1.27 bits per heavy atom. The molecule has 15 heteroatoms. The fourth-order valence-electron chi connectivity index (χ4n) is 8.85. The molecule has 1 aromatic heterocycles. The molecule has 0 bridgehead atoms. The first-order valence-electron chi connectivity index (χ1n) is 24.4. The zero-order chi connectivity index (χ0) is 46.5. The van der Waals surface area contributed by atoms with Gasteiger partial charge in [-0.05, 0) is 63.8 Å². The quantitative estimate of drug-likeness (QED) is 0.0235. The van der Waals surface area contributed by atoms with E-state index in [4.69, 9.17) is 18.5 Å². The van der Waals surface area contributed by atoms with E-state index in [1.807, 2.05) is 47.1 Å². The van der Waals surface area contributed by atoms with Crippen molar-refractivity contribution >= 4 is 38.0 Å². The van der Waals surface area contributed by atoms with Crippen LogP contribution in [0.4, 0.5) is 8.63 Å². The number of esters is 2. The highest BCUT2D eigenvalue weighted by molar-refractivity contribution is 7.47. The highest BCUT2D eigenvalue weighted by Gasteiger charge is 2.54. The number of halogens is 2. The molecule has 0 saturated carbocycles. The Bertz CT molecular complexity index is 1740. The molecule has 2 aliphatic rings. The molecule has 0 aliphatic carbocycles. The fraction of sp³-hybridized carbons (Fsp3) is 0.771. The Labute approximate surface area is 379 Å². The maximum absolute atomic E-state index is 15.8. The highest BCUT2D eigenvalue weighted by atomic mass is 31.2. The summed E-state index contributed by atoms with van der Waals surface area (Å²) in [7, 11) is 1.38. The van der Waals surface area contributed by atoms with Crippen LogP contribution in [0.1, 0.15) is 192 Å². The summed E-state index contributed by atoms with van der Waals surface area (Å²) in [5, 5.41) is 0. The van der Waals surface area contributed by atoms with E-state index in [1.54, 1.807) is 13.8 Å². The predicted molar refractivity (Wildman–Crippen MR) is 251 cm³/mol. The van der Waals surface area contributed by atoms with Gasteiger partial charge in [-0.25, -0.2) is 4.57 Å². The highest BCUT2D eigenvalue weighted by Crippen LogP contribution is 2.44. The summed E-state index contributed by atoms with van der Waals surface area (Å²) >= 11 is 0. The van der Waals surface area contributed by atoms with Crippen molar-refractivity contribution in [3.63, 3.8) is 0 Å². The Balaban J connectivity index is 1.34. The van der Waals surface area contributed by atoms with Gasteiger partial charge < -0.3 is 36.4 Å². The van der Waals surface area contributed by atoms with Gasteiger partial charge in [0.2, 0.25) is 0 Å². The molecule has 2 aliphatic heterocycles. The van der Waals surface area contributed by atoms with Crippen molar-refractivity contribution in [1.29, 1.82) is 0 Å². The maximum atomic E-state index is 15.8. The minimum Gasteiger partial charge on any atom is -0.462 e. The number of fused-ring (bicyclic) bond motifs is 2. The number of aromatic nitrogens is 1. The third-order valence-corrected chi connectivity index (χ3v) is 13.2. The molecule has 63 heavy (non-hydrogen) atoms. The lowest BCUT2D eigenvalue weighted by Gasteiger charge is -2.34. The smallest absolute Gasteiger partial charge is 0.462 e. The van der Waals surface area contributed by atoms with Crippen LogP contribution in [0.5, 0.6) is 0 Å². The van der Waals surface area contributed by atoms with Gasteiger partial charge in [0.1, 0.15) is 25.5 Å². The molecule has 3 heterocycles. The minimum absolute atomic E-state index is 0.00297. The van der Waals surface area contributed by atoms with Crippen LogP contribution in [0.2, 0.25) is 0 Å². The lowest BCUT2D eigenvalue weighted by molar-refractivity contribution is -0.870. The molecule has 1 N–H and O–H groups in total. The van der Waals surface area contributed by atoms with Crippen LogP contribution in [0.3, 0.4) is 0 Å². The second kappa shape index (κ2) is 27.8. The predicted octanol–water partition coefficient (Wildman–Crippen LogP) is 12.2. The van der Waals surface area contributed by atoms with Crippen molar-refractivity contribution < 1.29 is 55.2 Å². The molecule has 0 aromatic carbocycles. The van der Waals surface area contributed by atoms with Crippen LogP contribution in [-0.2, 0) is 32.7 Å². The molecule has 0 fully saturated rings. The maximum Gasteiger partial charge on any atom is 0.737 e. The van der Waals surface area contributed by atoms with E-state index in [1.165, 1.54) is 73.2 Å². The van der Waals surface area contributed by atoms with Gasteiger partial charge in [0, 0.05) is 42.7 Å². The number of hydrogen-bond acceptors (Lipinski definition) is 7. The van der Waals surface area contributed by atoms with E-state index < -0.39 is 39.4 Å². The van der Waals surface area contributed by atoms with E-state index in [0.29, 0.717) is 40.2 Å². The second-order valence-corrected chi connectivity index (χ2v) is 20.6. The van der Waals surface area contributed by atoms with E-state index in [-0.39, 0.29) is 26.1 Å². The summed E-state index contributed by atoms with van der Waals surface area (Å²) in [4.78, 5) is 35.7. The van der Waals surface area contributed by atoms with E-state index in [0.717, 1.165) is 87.3 Å². The SMILES string of the molecule is CCCCCCCCCCCCCCCC(=O)OCC(COP(=O)(O)OCC[N+](C)(C)C)OC(=O)CCCCCCCCCCC1=C2C(C)=CC(C)=[N+]2[B-](F)(F)n2c(C)cc(C)c21. The summed E-state index contributed by atoms with van der Waals surface area (Å²) in [6.07, 6.45) is 25.1. The third kappa shape index (κ3) is 19.4. The molecule has 360 valence electrons. The number of ether oxygens (including phenoxy) is 2. The van der Waals surface area contributed by atoms with Crippen LogP contribution >= 0.6 is 7.82 Å². The Morgan fingerprint density at radius 1 is 0.762 bits per heavy atom. The molecule has 0 saturated heterocycles. The monoisotopic (exact) mass is 911 g/mol. The number of phosphoric acid groups is 1. The lowest BCUT2D eigenvalue weighted by atomic mass is 9.84. The number of aryl methyl sites for hydroxylation is 2. The summed E-state index contributed by atoms with van der Waals surface area (Å²) in [5.74, 6) is -0.883. The van der Waals surface area contributed by atoms with Crippen LogP contribution < -0.4 is 0 Å². The molecular weight excluding hydrogens is 826 g/mol. The van der Waals surface area contributed by atoms with Gasteiger partial charge in [-0.2, -0.15) is 0 Å². The number of allylic oxidation sites excluding steroid dienone is 3. The lowest BCUT2D eigenvalue weighted by Crippen LogP contribution is -2.51. The zero-order valence-corrected chi connectivity index (χ0v) is 41.4. The summed E-state index contributed by atoms with van der Waals surface area (Å²) in [6.45, 7) is 5.46. The van der Waals surface area contributed by atoms with Crippen LogP contribution in [0, 0.1) is 13.8 Å². The topological polar surface area (TPSA) is 116 Å². The van der Waals surface area contributed by atoms with Gasteiger partial charge in [-0.15, -0.1) is 0 Å². The Morgan fingerprint density at radius 3 is 1.81 bits per heavy atom. The largest absolute Gasteiger partial charge is 0.737 e. The molecular formula is C48H84BF2N3O8P+. The van der Waals surface area contributed by atoms with Crippen LogP contribution in [0.25, 0.3) is 5.57 Å². The molecule has 1 aromatic rings. The standard InChI is InChI=1S/C48H83BF2N3O8P/c1-9-10-11-12-13-14-15-16-17-18-22-25-28-31-45(55)59-37-43(38-61-63(57,58)60-34-33-54(6,7)8)62-46(56)32-29-26-23-20-19-21-24-27-30-44-47-39(2)35-41(4)52(47)49(50,51)53-42(5)36-40(3)48(44)53/h35-36,43H,9-34,37-38H2,1-8H3/p+1. The molecule has 11 nitrogen and oxygen atoms in total. The van der Waals surface area contributed by atoms with Gasteiger partial charge >= 0.3 is 26.7 Å². The minimum atomic E-state index is -4.42. The summed E-state index contributed by atoms with van der Waals surface area (Å²) in [6, 6.07) is 1.87. The molecule has 0 radical (unpaired) electrons. The number of phosphoric ester groups is 1. The molecule has 0 spiro atoms. The Kier molecular flexibility index (Phi) is 24.1. The number of carbonyl (C=O) groups excluding carboxylic acids is 2. The first-order valence-corrected chi connectivity index (χ1v) is 25.9. The summed E-state index contributed by atoms with van der Waals surface area (Å²) in [5.41, 5.74) is 5.34. The average Bonchev–Trinajstić information content (AvgIpc) is 3.69. The average molecular weight is 911 g/mol. The molecule has 0 amide bonds. The number of unbranched alkanes of at least 4 members (excludes halogenated alkanes) is 19. The number of likely N-dealkylation sites (N-methyl/N-ethyl adjacent to an activating group) is 1. The first-order chi connectivity index (χ1) is 29.9. The van der Waals surface area contributed by atoms with Crippen molar-refractivity contribution in [3.8, 4) is 0 Å². The van der Waals surface area contributed by atoms with Gasteiger partial charge in [0.15, 0.2) is 11.8 Å². The van der Waals surface area contributed by atoms with Crippen molar-refractivity contribution in [2.75, 3.05) is 47.5 Å². The van der Waals surface area contributed by atoms with E-state index in [9.17, 15) is 19.0 Å². The van der Waals surface area contributed by atoms with Gasteiger partial charge in [0.25, 0.3) is 0 Å². The summed E-state index contributed by atoms with van der Waals surface area (Å²) < 4.78 is 68.7.